The van der Waals surface area contributed by atoms with Gasteiger partial charge in [0.15, 0.2) is 0 Å². The summed E-state index contributed by atoms with van der Waals surface area (Å²) in [4.78, 5) is 15.0. The summed E-state index contributed by atoms with van der Waals surface area (Å²) in [6.45, 7) is 2.03. The van der Waals surface area contributed by atoms with Crippen molar-refractivity contribution >= 4 is 28.3 Å². The second-order valence-corrected chi connectivity index (χ2v) is 7.62. The number of fused-ring (bicyclic) bond motifs is 1. The molecule has 0 spiro atoms. The Bertz CT molecular complexity index is 907. The SMILES string of the molecule is Clc1cc(N2CCC(c3c[nH]c4ccccc34)CC2)nc(C2CC2)n1. The highest BCUT2D eigenvalue weighted by Crippen LogP contribution is 2.40. The Morgan fingerprint density at radius 3 is 2.60 bits per heavy atom. The van der Waals surface area contributed by atoms with Gasteiger partial charge in [-0.25, -0.2) is 9.97 Å². The molecule has 1 aliphatic heterocycles. The molecule has 1 aromatic carbocycles. The second-order valence-electron chi connectivity index (χ2n) is 7.23. The average molecular weight is 353 g/mol. The Balaban J connectivity index is 1.34. The maximum absolute atomic E-state index is 6.23. The van der Waals surface area contributed by atoms with E-state index in [1.165, 1.54) is 29.3 Å². The van der Waals surface area contributed by atoms with Crippen LogP contribution in [0.5, 0.6) is 0 Å². The maximum atomic E-state index is 6.23. The summed E-state index contributed by atoms with van der Waals surface area (Å²) in [5.41, 5.74) is 2.69. The van der Waals surface area contributed by atoms with E-state index in [1.807, 2.05) is 6.07 Å². The van der Waals surface area contributed by atoms with Crippen LogP contribution in [0.3, 0.4) is 0 Å². The van der Waals surface area contributed by atoms with Crippen molar-refractivity contribution in [2.75, 3.05) is 18.0 Å². The van der Waals surface area contributed by atoms with Gasteiger partial charge in [-0.15, -0.1) is 0 Å². The van der Waals surface area contributed by atoms with Gasteiger partial charge in [-0.2, -0.15) is 0 Å². The fourth-order valence-corrected chi connectivity index (χ4v) is 4.14. The van der Waals surface area contributed by atoms with Crippen LogP contribution in [0.4, 0.5) is 5.82 Å². The molecule has 1 aliphatic carbocycles. The predicted molar refractivity (Wildman–Crippen MR) is 102 cm³/mol. The van der Waals surface area contributed by atoms with Crippen LogP contribution in [-0.4, -0.2) is 28.0 Å². The zero-order valence-corrected chi connectivity index (χ0v) is 14.8. The van der Waals surface area contributed by atoms with Crippen molar-refractivity contribution in [3.8, 4) is 0 Å². The zero-order valence-electron chi connectivity index (χ0n) is 14.1. The van der Waals surface area contributed by atoms with Crippen molar-refractivity contribution in [1.29, 1.82) is 0 Å². The number of rotatable bonds is 3. The third-order valence-electron chi connectivity index (χ3n) is 5.52. The van der Waals surface area contributed by atoms with E-state index >= 15 is 0 Å². The summed E-state index contributed by atoms with van der Waals surface area (Å²) in [5, 5.41) is 1.94. The summed E-state index contributed by atoms with van der Waals surface area (Å²) in [6, 6.07) is 10.5. The highest BCUT2D eigenvalue weighted by atomic mass is 35.5. The largest absolute Gasteiger partial charge is 0.361 e. The van der Waals surface area contributed by atoms with E-state index in [0.29, 0.717) is 17.0 Å². The Labute approximate surface area is 152 Å². The quantitative estimate of drug-likeness (QED) is 0.684. The molecule has 0 amide bonds. The van der Waals surface area contributed by atoms with Gasteiger partial charge in [0.2, 0.25) is 0 Å². The molecule has 0 unspecified atom stereocenters. The Hall–Kier alpha value is -2.07. The van der Waals surface area contributed by atoms with E-state index in [1.54, 1.807) is 0 Å². The Morgan fingerprint density at radius 1 is 1.00 bits per heavy atom. The number of halogens is 1. The number of anilines is 1. The molecular weight excluding hydrogens is 332 g/mol. The van der Waals surface area contributed by atoms with Crippen molar-refractivity contribution in [1.82, 2.24) is 15.0 Å². The van der Waals surface area contributed by atoms with Crippen molar-refractivity contribution in [2.24, 2.45) is 0 Å². The normalized spacial score (nSPS) is 18.8. The summed E-state index contributed by atoms with van der Waals surface area (Å²) in [6.07, 6.45) is 6.87. The molecule has 0 atom stereocenters. The van der Waals surface area contributed by atoms with Gasteiger partial charge < -0.3 is 9.88 Å². The van der Waals surface area contributed by atoms with E-state index < -0.39 is 0 Å². The van der Waals surface area contributed by atoms with E-state index in [4.69, 9.17) is 16.6 Å². The molecule has 4 nitrogen and oxygen atoms in total. The lowest BCUT2D eigenvalue weighted by Crippen LogP contribution is -2.33. The lowest BCUT2D eigenvalue weighted by molar-refractivity contribution is 0.504. The molecule has 3 heterocycles. The van der Waals surface area contributed by atoms with Gasteiger partial charge in [-0.3, -0.25) is 0 Å². The highest BCUT2D eigenvalue weighted by Gasteiger charge is 2.29. The van der Waals surface area contributed by atoms with Crippen molar-refractivity contribution in [3.63, 3.8) is 0 Å². The first-order chi connectivity index (χ1) is 12.3. The number of para-hydroxylation sites is 1. The molecule has 5 rings (SSSR count). The molecule has 1 saturated carbocycles. The van der Waals surface area contributed by atoms with Crippen LogP contribution in [0.25, 0.3) is 10.9 Å². The van der Waals surface area contributed by atoms with Crippen LogP contribution >= 0.6 is 11.6 Å². The Morgan fingerprint density at radius 2 is 1.80 bits per heavy atom. The average Bonchev–Trinajstić information content (AvgIpc) is 3.41. The van der Waals surface area contributed by atoms with Crippen LogP contribution in [0.15, 0.2) is 36.5 Å². The highest BCUT2D eigenvalue weighted by molar-refractivity contribution is 6.29. The lowest BCUT2D eigenvalue weighted by atomic mass is 9.89. The van der Waals surface area contributed by atoms with Gasteiger partial charge in [0, 0.05) is 42.2 Å². The summed E-state index contributed by atoms with van der Waals surface area (Å²) in [7, 11) is 0. The first kappa shape index (κ1) is 15.2. The number of aromatic nitrogens is 3. The smallest absolute Gasteiger partial charge is 0.135 e. The van der Waals surface area contributed by atoms with Gasteiger partial charge >= 0.3 is 0 Å². The van der Waals surface area contributed by atoms with Crippen LogP contribution in [0, 0.1) is 0 Å². The topological polar surface area (TPSA) is 44.8 Å². The first-order valence-electron chi connectivity index (χ1n) is 9.13. The van der Waals surface area contributed by atoms with Crippen molar-refractivity contribution in [2.45, 2.75) is 37.5 Å². The van der Waals surface area contributed by atoms with E-state index in [-0.39, 0.29) is 0 Å². The minimum atomic E-state index is 0.529. The minimum absolute atomic E-state index is 0.529. The van der Waals surface area contributed by atoms with Crippen LogP contribution in [-0.2, 0) is 0 Å². The lowest BCUT2D eigenvalue weighted by Gasteiger charge is -2.33. The molecule has 2 fully saturated rings. The van der Waals surface area contributed by atoms with Gasteiger partial charge in [-0.1, -0.05) is 29.8 Å². The number of piperidine rings is 1. The molecule has 2 aliphatic rings. The number of nitrogens with one attached hydrogen (secondary N) is 1. The molecule has 1 N–H and O–H groups in total. The number of benzene rings is 1. The minimum Gasteiger partial charge on any atom is -0.361 e. The first-order valence-corrected chi connectivity index (χ1v) is 9.51. The molecule has 2 aromatic heterocycles. The third-order valence-corrected chi connectivity index (χ3v) is 5.71. The molecule has 3 aromatic rings. The summed E-state index contributed by atoms with van der Waals surface area (Å²) < 4.78 is 0. The molecule has 1 saturated heterocycles. The van der Waals surface area contributed by atoms with Gasteiger partial charge in [0.25, 0.3) is 0 Å². The number of hydrogen-bond donors (Lipinski definition) is 1. The summed E-state index contributed by atoms with van der Waals surface area (Å²) >= 11 is 6.23. The number of nitrogens with zero attached hydrogens (tertiary/aromatic N) is 3. The van der Waals surface area contributed by atoms with Gasteiger partial charge in [0.05, 0.1) is 0 Å². The molecule has 25 heavy (non-hydrogen) atoms. The Kier molecular flexibility index (Phi) is 3.66. The third kappa shape index (κ3) is 2.89. The number of aromatic amines is 1. The van der Waals surface area contributed by atoms with Gasteiger partial charge in [-0.05, 0) is 43.2 Å². The fraction of sp³-hybridized carbons (Fsp3) is 0.400. The monoisotopic (exact) mass is 352 g/mol. The van der Waals surface area contributed by atoms with E-state index in [0.717, 1.165) is 37.6 Å². The van der Waals surface area contributed by atoms with Crippen LogP contribution in [0.2, 0.25) is 5.15 Å². The molecular formula is C20H21ClN4. The molecule has 5 heteroatoms. The number of hydrogen-bond acceptors (Lipinski definition) is 3. The van der Waals surface area contributed by atoms with Gasteiger partial charge in [0.1, 0.15) is 16.8 Å². The second kappa shape index (κ2) is 6.03. The van der Waals surface area contributed by atoms with Crippen LogP contribution < -0.4 is 4.90 Å². The summed E-state index contributed by atoms with van der Waals surface area (Å²) in [5.74, 6) is 3.06. The standard InChI is InChI=1S/C20H21ClN4/c21-18-11-19(24-20(23-18)14-5-6-14)25-9-7-13(8-10-25)16-12-22-17-4-2-1-3-15(16)17/h1-4,11-14,22H,5-10H2. The number of H-pyrrole nitrogens is 1. The van der Waals surface area contributed by atoms with E-state index in [9.17, 15) is 0 Å². The predicted octanol–water partition coefficient (Wildman–Crippen LogP) is 4.87. The zero-order chi connectivity index (χ0) is 16.8. The van der Waals surface area contributed by atoms with E-state index in [2.05, 4.69) is 45.3 Å². The fourth-order valence-electron chi connectivity index (χ4n) is 3.96. The molecule has 0 bridgehead atoms. The van der Waals surface area contributed by atoms with Crippen molar-refractivity contribution < 1.29 is 0 Å². The molecule has 0 radical (unpaired) electrons. The maximum Gasteiger partial charge on any atom is 0.135 e. The molecule has 128 valence electrons. The van der Waals surface area contributed by atoms with Crippen molar-refractivity contribution in [3.05, 3.63) is 53.1 Å². The van der Waals surface area contributed by atoms with Crippen LogP contribution in [0.1, 0.15) is 48.9 Å².